The third-order valence-electron chi connectivity index (χ3n) is 4.25. The number of hydrogen-bond acceptors (Lipinski definition) is 5. The van der Waals surface area contributed by atoms with Crippen molar-refractivity contribution in [1.82, 2.24) is 14.1 Å². The molecule has 21 heavy (non-hydrogen) atoms. The number of hydrogen-bond donors (Lipinski definition) is 0. The Labute approximate surface area is 126 Å². The molecule has 8 heteroatoms. The van der Waals surface area contributed by atoms with Crippen LogP contribution in [-0.4, -0.2) is 86.8 Å². The summed E-state index contributed by atoms with van der Waals surface area (Å²) in [4.78, 5) is 15.8. The third kappa shape index (κ3) is 4.31. The molecule has 0 aliphatic carbocycles. The van der Waals surface area contributed by atoms with Crippen LogP contribution in [0.4, 0.5) is 4.79 Å². The van der Waals surface area contributed by atoms with Gasteiger partial charge in [-0.2, -0.15) is 4.31 Å². The summed E-state index contributed by atoms with van der Waals surface area (Å²) in [7, 11) is -3.07. The van der Waals surface area contributed by atoms with Gasteiger partial charge in [0.15, 0.2) is 0 Å². The average Bonchev–Trinajstić information content (AvgIpc) is 2.47. The van der Waals surface area contributed by atoms with E-state index in [9.17, 15) is 13.2 Å². The number of piperidine rings is 1. The number of piperazine rings is 1. The first kappa shape index (κ1) is 16.5. The second kappa shape index (κ2) is 6.93. The number of amides is 1. The van der Waals surface area contributed by atoms with E-state index in [1.54, 1.807) is 4.90 Å². The van der Waals surface area contributed by atoms with Crippen molar-refractivity contribution in [2.45, 2.75) is 25.8 Å². The number of ether oxygens (including phenoxy) is 1. The minimum Gasteiger partial charge on any atom is -0.450 e. The van der Waals surface area contributed by atoms with Gasteiger partial charge in [0, 0.05) is 45.3 Å². The zero-order valence-corrected chi connectivity index (χ0v) is 13.6. The lowest BCUT2D eigenvalue weighted by atomic mass is 10.0. The Morgan fingerprint density at radius 2 is 1.67 bits per heavy atom. The van der Waals surface area contributed by atoms with E-state index in [0.29, 0.717) is 25.7 Å². The maximum Gasteiger partial charge on any atom is 0.409 e. The van der Waals surface area contributed by atoms with Crippen molar-refractivity contribution in [1.29, 1.82) is 0 Å². The van der Waals surface area contributed by atoms with Crippen molar-refractivity contribution in [2.24, 2.45) is 0 Å². The maximum atomic E-state index is 11.7. The van der Waals surface area contributed by atoms with Gasteiger partial charge in [-0.3, -0.25) is 4.90 Å². The van der Waals surface area contributed by atoms with Crippen LogP contribution < -0.4 is 0 Å². The highest BCUT2D eigenvalue weighted by Crippen LogP contribution is 2.19. The highest BCUT2D eigenvalue weighted by molar-refractivity contribution is 7.88. The maximum absolute atomic E-state index is 11.7. The van der Waals surface area contributed by atoms with Crippen LogP contribution in [0.25, 0.3) is 0 Å². The van der Waals surface area contributed by atoms with Gasteiger partial charge in [-0.15, -0.1) is 0 Å². The summed E-state index contributed by atoms with van der Waals surface area (Å²) in [6.45, 7) is 6.34. The van der Waals surface area contributed by atoms with Crippen LogP contribution in [0.2, 0.25) is 0 Å². The van der Waals surface area contributed by atoms with Crippen molar-refractivity contribution in [3.8, 4) is 0 Å². The van der Waals surface area contributed by atoms with Crippen molar-refractivity contribution in [3.63, 3.8) is 0 Å². The van der Waals surface area contributed by atoms with Gasteiger partial charge in [0.1, 0.15) is 0 Å². The van der Waals surface area contributed by atoms with E-state index in [2.05, 4.69) is 4.90 Å². The normalized spacial score (nSPS) is 23.2. The average molecular weight is 319 g/mol. The molecule has 122 valence electrons. The summed E-state index contributed by atoms with van der Waals surface area (Å²) in [5.41, 5.74) is 0. The Balaban J connectivity index is 1.78. The van der Waals surface area contributed by atoms with Crippen LogP contribution in [0.1, 0.15) is 19.8 Å². The second-order valence-corrected chi connectivity index (χ2v) is 7.60. The number of carbonyl (C=O) groups excluding carboxylic acids is 1. The van der Waals surface area contributed by atoms with Crippen LogP contribution in [0, 0.1) is 0 Å². The highest BCUT2D eigenvalue weighted by atomic mass is 32.2. The van der Waals surface area contributed by atoms with Crippen LogP contribution in [0.15, 0.2) is 0 Å². The monoisotopic (exact) mass is 319 g/mol. The molecule has 2 fully saturated rings. The van der Waals surface area contributed by atoms with Gasteiger partial charge in [0.25, 0.3) is 0 Å². The van der Waals surface area contributed by atoms with E-state index < -0.39 is 10.0 Å². The van der Waals surface area contributed by atoms with E-state index in [1.165, 1.54) is 10.6 Å². The first-order valence-electron chi connectivity index (χ1n) is 7.52. The van der Waals surface area contributed by atoms with Crippen LogP contribution in [0.5, 0.6) is 0 Å². The highest BCUT2D eigenvalue weighted by Gasteiger charge is 2.31. The number of rotatable bonds is 3. The summed E-state index contributed by atoms with van der Waals surface area (Å²) in [6, 6.07) is 0.442. The van der Waals surface area contributed by atoms with Gasteiger partial charge in [-0.05, 0) is 19.8 Å². The Morgan fingerprint density at radius 3 is 2.14 bits per heavy atom. The van der Waals surface area contributed by atoms with Gasteiger partial charge < -0.3 is 9.64 Å². The third-order valence-corrected chi connectivity index (χ3v) is 5.55. The van der Waals surface area contributed by atoms with Gasteiger partial charge in [-0.25, -0.2) is 13.2 Å². The fourth-order valence-electron chi connectivity index (χ4n) is 3.03. The van der Waals surface area contributed by atoms with Gasteiger partial charge in [0.05, 0.1) is 12.9 Å². The topological polar surface area (TPSA) is 70.2 Å². The number of likely N-dealkylation sites (tertiary alicyclic amines) is 1. The minimum absolute atomic E-state index is 0.224. The fourth-order valence-corrected chi connectivity index (χ4v) is 3.86. The molecule has 2 aliphatic rings. The lowest BCUT2D eigenvalue weighted by molar-refractivity contribution is 0.0634. The molecule has 2 heterocycles. The van der Waals surface area contributed by atoms with Crippen molar-refractivity contribution in [2.75, 3.05) is 52.1 Å². The molecule has 0 saturated carbocycles. The molecule has 0 spiro atoms. The predicted molar refractivity (Wildman–Crippen MR) is 79.6 cm³/mol. The lowest BCUT2D eigenvalue weighted by Gasteiger charge is -2.41. The van der Waals surface area contributed by atoms with E-state index in [1.807, 2.05) is 6.92 Å². The summed E-state index contributed by atoms with van der Waals surface area (Å²) in [5.74, 6) is 0. The van der Waals surface area contributed by atoms with E-state index in [4.69, 9.17) is 4.74 Å². The Hall–Kier alpha value is -0.860. The van der Waals surface area contributed by atoms with Gasteiger partial charge >= 0.3 is 6.09 Å². The van der Waals surface area contributed by atoms with Crippen molar-refractivity contribution >= 4 is 16.1 Å². The zero-order chi connectivity index (χ0) is 15.5. The Bertz CT molecular complexity index is 452. The van der Waals surface area contributed by atoms with Crippen LogP contribution >= 0.6 is 0 Å². The molecule has 0 aromatic heterocycles. The summed E-state index contributed by atoms with van der Waals surface area (Å²) in [6.07, 6.45) is 2.90. The molecule has 7 nitrogen and oxygen atoms in total. The van der Waals surface area contributed by atoms with Crippen LogP contribution in [-0.2, 0) is 14.8 Å². The van der Waals surface area contributed by atoms with Crippen LogP contribution in [0.3, 0.4) is 0 Å². The quantitative estimate of drug-likeness (QED) is 0.742. The molecule has 0 unspecified atom stereocenters. The minimum atomic E-state index is -3.07. The summed E-state index contributed by atoms with van der Waals surface area (Å²) in [5, 5.41) is 0. The molecular formula is C13H25N3O4S. The molecule has 0 aromatic rings. The van der Waals surface area contributed by atoms with E-state index in [0.717, 1.165) is 39.0 Å². The molecule has 0 aromatic carbocycles. The molecule has 2 aliphatic heterocycles. The zero-order valence-electron chi connectivity index (χ0n) is 12.8. The number of sulfonamides is 1. The van der Waals surface area contributed by atoms with Gasteiger partial charge in [-0.1, -0.05) is 0 Å². The first-order valence-corrected chi connectivity index (χ1v) is 9.37. The first-order chi connectivity index (χ1) is 9.91. The Morgan fingerprint density at radius 1 is 1.10 bits per heavy atom. The molecular weight excluding hydrogens is 294 g/mol. The van der Waals surface area contributed by atoms with Crippen molar-refractivity contribution in [3.05, 3.63) is 0 Å². The molecule has 2 saturated heterocycles. The Kier molecular flexibility index (Phi) is 5.45. The molecule has 2 rings (SSSR count). The van der Waals surface area contributed by atoms with E-state index in [-0.39, 0.29) is 6.09 Å². The van der Waals surface area contributed by atoms with Crippen molar-refractivity contribution < 1.29 is 17.9 Å². The standard InChI is InChI=1S/C13H25N3O4S/c1-3-20-13(17)15-6-4-12(5-7-15)14-8-10-16(11-9-14)21(2,18)19/h12H,3-11H2,1-2H3. The lowest BCUT2D eigenvalue weighted by Crippen LogP contribution is -2.54. The van der Waals surface area contributed by atoms with Gasteiger partial charge in [0.2, 0.25) is 10.0 Å². The molecule has 1 amide bonds. The molecule has 0 radical (unpaired) electrons. The number of carbonyl (C=O) groups is 1. The van der Waals surface area contributed by atoms with E-state index >= 15 is 0 Å². The summed E-state index contributed by atoms with van der Waals surface area (Å²) < 4.78 is 29.5. The summed E-state index contributed by atoms with van der Waals surface area (Å²) >= 11 is 0. The number of nitrogens with zero attached hydrogens (tertiary/aromatic N) is 3. The largest absolute Gasteiger partial charge is 0.450 e. The smallest absolute Gasteiger partial charge is 0.409 e. The SMILES string of the molecule is CCOC(=O)N1CCC(N2CCN(S(C)(=O)=O)CC2)CC1. The second-order valence-electron chi connectivity index (χ2n) is 5.62. The predicted octanol–water partition coefficient (Wildman–Crippen LogP) is 0.185. The molecule has 0 bridgehead atoms. The fraction of sp³-hybridized carbons (Fsp3) is 0.923. The molecule has 0 atom stereocenters. The molecule has 0 N–H and O–H groups in total.